The van der Waals surface area contributed by atoms with Crippen LogP contribution in [-0.4, -0.2) is 29.6 Å². The molecule has 52 valence electrons. The molecule has 0 radical (unpaired) electrons. The number of rotatable bonds is 4. The van der Waals surface area contributed by atoms with Gasteiger partial charge >= 0.3 is 0 Å². The Kier molecular flexibility index (Phi) is 2.80. The van der Waals surface area contributed by atoms with E-state index in [1.54, 1.807) is 6.26 Å². The molecule has 2 nitrogen and oxygen atoms in total. The second kappa shape index (κ2) is 3.69. The molecule has 1 atom stereocenters. The van der Waals surface area contributed by atoms with E-state index >= 15 is 0 Å². The molecule has 0 aromatic carbocycles. The fourth-order valence-electron chi connectivity index (χ4n) is 0.491. The molecule has 1 rings (SSSR count). The second-order valence-corrected chi connectivity index (χ2v) is 2.89. The van der Waals surface area contributed by atoms with Crippen molar-refractivity contribution in [3.8, 4) is 0 Å². The molecule has 1 heterocycles. The van der Waals surface area contributed by atoms with Gasteiger partial charge in [-0.1, -0.05) is 6.08 Å². The molecular weight excluding hydrogens is 132 g/mol. The standard InChI is InChI=1S/C6H12O2Si/c9-3-1-2-7-4-6-5-8-6/h1-2,6H,3-5H2,9H3. The average Bonchev–Trinajstić information content (AvgIpc) is 2.63. The number of allylic oxidation sites excluding steroid dienone is 1. The van der Waals surface area contributed by atoms with Gasteiger partial charge in [-0.2, -0.15) is 0 Å². The van der Waals surface area contributed by atoms with Crippen LogP contribution in [0.2, 0.25) is 6.04 Å². The fraction of sp³-hybridized carbons (Fsp3) is 0.667. The van der Waals surface area contributed by atoms with Gasteiger partial charge in [0.2, 0.25) is 0 Å². The van der Waals surface area contributed by atoms with Crippen molar-refractivity contribution in [1.82, 2.24) is 0 Å². The molecule has 0 aromatic rings. The van der Waals surface area contributed by atoms with Crippen LogP contribution in [0.4, 0.5) is 0 Å². The third-order valence-corrected chi connectivity index (χ3v) is 1.58. The Morgan fingerprint density at radius 1 is 1.78 bits per heavy atom. The normalized spacial score (nSPS) is 25.1. The van der Waals surface area contributed by atoms with Gasteiger partial charge in [-0.15, -0.1) is 0 Å². The number of hydrogen-bond acceptors (Lipinski definition) is 2. The smallest absolute Gasteiger partial charge is 0.116 e. The van der Waals surface area contributed by atoms with Crippen LogP contribution in [0.25, 0.3) is 0 Å². The number of hydrogen-bond donors (Lipinski definition) is 0. The summed E-state index contributed by atoms with van der Waals surface area (Å²) in [4.78, 5) is 0. The van der Waals surface area contributed by atoms with Crippen LogP contribution in [0.3, 0.4) is 0 Å². The van der Waals surface area contributed by atoms with E-state index in [1.165, 1.54) is 16.3 Å². The van der Waals surface area contributed by atoms with Gasteiger partial charge in [-0.25, -0.2) is 0 Å². The molecule has 1 fully saturated rings. The summed E-state index contributed by atoms with van der Waals surface area (Å²) in [5.41, 5.74) is 0. The lowest BCUT2D eigenvalue weighted by molar-refractivity contribution is 0.212. The molecule has 1 aliphatic heterocycles. The molecule has 0 aliphatic carbocycles. The van der Waals surface area contributed by atoms with E-state index in [2.05, 4.69) is 6.08 Å². The van der Waals surface area contributed by atoms with Crippen molar-refractivity contribution >= 4 is 10.2 Å². The van der Waals surface area contributed by atoms with Crippen molar-refractivity contribution in [2.75, 3.05) is 13.2 Å². The van der Waals surface area contributed by atoms with Gasteiger partial charge in [0.15, 0.2) is 0 Å². The van der Waals surface area contributed by atoms with Gasteiger partial charge < -0.3 is 9.47 Å². The monoisotopic (exact) mass is 144 g/mol. The van der Waals surface area contributed by atoms with Crippen LogP contribution in [-0.2, 0) is 9.47 Å². The second-order valence-electron chi connectivity index (χ2n) is 2.07. The molecule has 0 N–H and O–H groups in total. The molecule has 1 saturated heterocycles. The first-order valence-corrected chi connectivity index (χ1v) is 4.73. The van der Waals surface area contributed by atoms with E-state index in [9.17, 15) is 0 Å². The third kappa shape index (κ3) is 3.32. The summed E-state index contributed by atoms with van der Waals surface area (Å²) in [5.74, 6) is 0. The minimum Gasteiger partial charge on any atom is -0.499 e. The summed E-state index contributed by atoms with van der Waals surface area (Å²) in [7, 11) is 1.22. The summed E-state index contributed by atoms with van der Waals surface area (Å²) in [6.45, 7) is 1.62. The Morgan fingerprint density at radius 2 is 2.56 bits per heavy atom. The van der Waals surface area contributed by atoms with Crippen molar-refractivity contribution in [3.05, 3.63) is 12.3 Å². The zero-order valence-corrected chi connectivity index (χ0v) is 7.67. The van der Waals surface area contributed by atoms with E-state index in [-0.39, 0.29) is 0 Å². The highest BCUT2D eigenvalue weighted by Crippen LogP contribution is 2.08. The van der Waals surface area contributed by atoms with Crippen LogP contribution in [0.1, 0.15) is 0 Å². The molecule has 0 amide bonds. The van der Waals surface area contributed by atoms with Gasteiger partial charge in [-0.05, 0) is 6.04 Å². The minimum absolute atomic E-state index is 0.392. The Labute approximate surface area is 58.3 Å². The zero-order chi connectivity index (χ0) is 6.53. The molecule has 9 heavy (non-hydrogen) atoms. The molecule has 3 heteroatoms. The Balaban J connectivity index is 1.85. The van der Waals surface area contributed by atoms with Crippen LogP contribution < -0.4 is 0 Å². The maximum atomic E-state index is 5.11. The Hall–Kier alpha value is -0.283. The molecule has 1 aliphatic rings. The summed E-state index contributed by atoms with van der Waals surface area (Å²) >= 11 is 0. The van der Waals surface area contributed by atoms with Gasteiger partial charge in [-0.3, -0.25) is 0 Å². The predicted octanol–water partition coefficient (Wildman–Crippen LogP) is -0.301. The lowest BCUT2D eigenvalue weighted by Crippen LogP contribution is -1.94. The third-order valence-electron chi connectivity index (χ3n) is 1.11. The largest absolute Gasteiger partial charge is 0.499 e. The highest BCUT2D eigenvalue weighted by atomic mass is 28.1. The maximum absolute atomic E-state index is 5.11. The number of epoxide rings is 1. The first kappa shape index (κ1) is 6.83. The SMILES string of the molecule is [SiH3]CC=COCC1CO1. The minimum atomic E-state index is 0.392. The summed E-state index contributed by atoms with van der Waals surface area (Å²) in [6, 6.07) is 1.17. The maximum Gasteiger partial charge on any atom is 0.116 e. The highest BCUT2D eigenvalue weighted by Gasteiger charge is 2.22. The first-order valence-electron chi connectivity index (χ1n) is 3.31. The molecule has 0 saturated carbocycles. The lowest BCUT2D eigenvalue weighted by atomic mass is 10.5. The molecular formula is C6H12O2Si. The van der Waals surface area contributed by atoms with Crippen LogP contribution in [0, 0.1) is 0 Å². The number of ether oxygens (including phenoxy) is 2. The van der Waals surface area contributed by atoms with Crippen molar-refractivity contribution in [1.29, 1.82) is 0 Å². The topological polar surface area (TPSA) is 21.8 Å². The van der Waals surface area contributed by atoms with Gasteiger partial charge in [0.05, 0.1) is 12.9 Å². The van der Waals surface area contributed by atoms with E-state index in [4.69, 9.17) is 9.47 Å². The van der Waals surface area contributed by atoms with E-state index < -0.39 is 0 Å². The first-order chi connectivity index (χ1) is 4.43. The molecule has 1 unspecified atom stereocenters. The highest BCUT2D eigenvalue weighted by molar-refractivity contribution is 6.09. The van der Waals surface area contributed by atoms with Crippen molar-refractivity contribution < 1.29 is 9.47 Å². The van der Waals surface area contributed by atoms with Crippen LogP contribution in [0.15, 0.2) is 12.3 Å². The van der Waals surface area contributed by atoms with E-state index in [0.29, 0.717) is 6.10 Å². The fourth-order valence-corrected chi connectivity index (χ4v) is 0.684. The summed E-state index contributed by atoms with van der Waals surface area (Å²) < 4.78 is 10.1. The molecule has 0 aromatic heterocycles. The van der Waals surface area contributed by atoms with E-state index in [0.717, 1.165) is 13.2 Å². The van der Waals surface area contributed by atoms with Gasteiger partial charge in [0.1, 0.15) is 12.7 Å². The predicted molar refractivity (Wildman–Crippen MR) is 39.6 cm³/mol. The quantitative estimate of drug-likeness (QED) is 0.307. The summed E-state index contributed by atoms with van der Waals surface area (Å²) in [6.07, 6.45) is 4.22. The Morgan fingerprint density at radius 3 is 3.11 bits per heavy atom. The molecule has 0 spiro atoms. The van der Waals surface area contributed by atoms with Gasteiger partial charge in [0, 0.05) is 10.2 Å². The van der Waals surface area contributed by atoms with Crippen molar-refractivity contribution in [3.63, 3.8) is 0 Å². The summed E-state index contributed by atoms with van der Waals surface area (Å²) in [5, 5.41) is 0. The van der Waals surface area contributed by atoms with Gasteiger partial charge in [0.25, 0.3) is 0 Å². The zero-order valence-electron chi connectivity index (χ0n) is 5.67. The lowest BCUT2D eigenvalue weighted by Gasteiger charge is -1.92. The van der Waals surface area contributed by atoms with Crippen molar-refractivity contribution in [2.45, 2.75) is 12.1 Å². The molecule has 0 bridgehead atoms. The van der Waals surface area contributed by atoms with Crippen molar-refractivity contribution in [2.24, 2.45) is 0 Å². The Bertz CT molecular complexity index is 99.2. The van der Waals surface area contributed by atoms with E-state index in [1.807, 2.05) is 0 Å². The average molecular weight is 144 g/mol. The van der Waals surface area contributed by atoms with Crippen LogP contribution >= 0.6 is 0 Å². The van der Waals surface area contributed by atoms with Crippen LogP contribution in [0.5, 0.6) is 0 Å².